The number of benzene rings is 1. The van der Waals surface area contributed by atoms with Crippen molar-refractivity contribution < 1.29 is 9.18 Å². The van der Waals surface area contributed by atoms with Gasteiger partial charge in [-0.3, -0.25) is 15.6 Å². The number of hydrogen-bond acceptors (Lipinski definition) is 6. The van der Waals surface area contributed by atoms with Crippen LogP contribution in [0.4, 0.5) is 10.3 Å². The molecule has 3 aliphatic rings. The van der Waals surface area contributed by atoms with Crippen LogP contribution in [-0.4, -0.2) is 59.0 Å². The molecule has 7 nitrogen and oxygen atoms in total. The van der Waals surface area contributed by atoms with Crippen LogP contribution in [0.15, 0.2) is 36.5 Å². The number of likely N-dealkylation sites (tertiary alicyclic amines) is 1. The highest BCUT2D eigenvalue weighted by Gasteiger charge is 2.42. The number of rotatable bonds is 5. The third kappa shape index (κ3) is 4.27. The van der Waals surface area contributed by atoms with Crippen molar-refractivity contribution in [3.05, 3.63) is 53.6 Å². The molecular formula is C23H29FN6O. The van der Waals surface area contributed by atoms with E-state index in [9.17, 15) is 9.18 Å². The molecule has 0 saturated carbocycles. The summed E-state index contributed by atoms with van der Waals surface area (Å²) in [5.74, 6) is 0.728. The molecule has 164 valence electrons. The summed E-state index contributed by atoms with van der Waals surface area (Å²) in [6.07, 6.45) is 6.39. The fourth-order valence-electron chi connectivity index (χ4n) is 5.20. The third-order valence-electron chi connectivity index (χ3n) is 6.74. The summed E-state index contributed by atoms with van der Waals surface area (Å²) in [6.45, 7) is 3.54. The monoisotopic (exact) mass is 424 g/mol. The van der Waals surface area contributed by atoms with Gasteiger partial charge in [-0.2, -0.15) is 0 Å². The molecule has 0 spiro atoms. The normalized spacial score (nSPS) is 26.0. The summed E-state index contributed by atoms with van der Waals surface area (Å²) in [4.78, 5) is 26.7. The SMILES string of the molecule is O=C(Cc1cccc(F)c1)N1CCCC1C1NNCC1c1ccnc(N2CCCC2)n1. The molecule has 0 radical (unpaired) electrons. The van der Waals surface area contributed by atoms with Gasteiger partial charge in [0.05, 0.1) is 18.2 Å². The molecule has 0 bridgehead atoms. The summed E-state index contributed by atoms with van der Waals surface area (Å²) in [7, 11) is 0. The van der Waals surface area contributed by atoms with Crippen molar-refractivity contribution in [3.8, 4) is 0 Å². The Labute approximate surface area is 182 Å². The quantitative estimate of drug-likeness (QED) is 0.765. The van der Waals surface area contributed by atoms with Crippen molar-refractivity contribution in [2.75, 3.05) is 31.1 Å². The predicted molar refractivity (Wildman–Crippen MR) is 116 cm³/mol. The zero-order valence-corrected chi connectivity index (χ0v) is 17.6. The summed E-state index contributed by atoms with van der Waals surface area (Å²) < 4.78 is 13.5. The molecule has 2 N–H and O–H groups in total. The Balaban J connectivity index is 1.32. The average Bonchev–Trinajstić information content (AvgIpc) is 3.55. The van der Waals surface area contributed by atoms with Crippen molar-refractivity contribution >= 4 is 11.9 Å². The van der Waals surface area contributed by atoms with E-state index in [-0.39, 0.29) is 36.1 Å². The van der Waals surface area contributed by atoms with Gasteiger partial charge in [0, 0.05) is 44.3 Å². The first kappa shape index (κ1) is 20.3. The Hall–Kier alpha value is -2.58. The zero-order chi connectivity index (χ0) is 21.2. The molecule has 3 saturated heterocycles. The molecule has 1 amide bonds. The molecule has 4 heterocycles. The van der Waals surface area contributed by atoms with Crippen LogP contribution in [0.5, 0.6) is 0 Å². The molecule has 3 atom stereocenters. The van der Waals surface area contributed by atoms with E-state index in [1.54, 1.807) is 6.07 Å². The van der Waals surface area contributed by atoms with Crippen LogP contribution in [0.25, 0.3) is 0 Å². The standard InChI is InChI=1S/C23H29FN6O/c24-17-6-3-5-16(13-17)14-21(31)30-12-4-7-20(30)22-18(15-26-28-22)19-8-9-25-23(27-19)29-10-1-2-11-29/h3,5-6,8-9,13,18,20,22,26,28H,1-2,4,7,10-12,14-15H2. The van der Waals surface area contributed by atoms with Gasteiger partial charge in [0.1, 0.15) is 5.82 Å². The number of anilines is 1. The van der Waals surface area contributed by atoms with Crippen LogP contribution in [0.2, 0.25) is 0 Å². The van der Waals surface area contributed by atoms with Gasteiger partial charge in [-0.15, -0.1) is 0 Å². The number of halogens is 1. The van der Waals surface area contributed by atoms with Crippen molar-refractivity contribution in [1.82, 2.24) is 25.7 Å². The lowest BCUT2D eigenvalue weighted by atomic mass is 9.90. The minimum absolute atomic E-state index is 0.0565. The van der Waals surface area contributed by atoms with Gasteiger partial charge in [0.25, 0.3) is 0 Å². The number of amides is 1. The molecule has 8 heteroatoms. The number of hydrogen-bond donors (Lipinski definition) is 2. The highest BCUT2D eigenvalue weighted by molar-refractivity contribution is 5.79. The fraction of sp³-hybridized carbons (Fsp3) is 0.522. The summed E-state index contributed by atoms with van der Waals surface area (Å²) in [6, 6.07) is 8.49. The topological polar surface area (TPSA) is 73.4 Å². The molecule has 3 aliphatic heterocycles. The lowest BCUT2D eigenvalue weighted by Crippen LogP contribution is -2.50. The maximum absolute atomic E-state index is 13.5. The van der Waals surface area contributed by atoms with E-state index in [0.29, 0.717) is 0 Å². The van der Waals surface area contributed by atoms with Gasteiger partial charge < -0.3 is 9.80 Å². The van der Waals surface area contributed by atoms with Gasteiger partial charge in [0.15, 0.2) is 0 Å². The molecule has 1 aromatic carbocycles. The lowest BCUT2D eigenvalue weighted by molar-refractivity contribution is -0.131. The molecule has 5 rings (SSSR count). The number of aromatic nitrogens is 2. The molecule has 1 aromatic heterocycles. The fourth-order valence-corrected chi connectivity index (χ4v) is 5.20. The molecule has 3 fully saturated rings. The van der Waals surface area contributed by atoms with E-state index in [4.69, 9.17) is 4.98 Å². The first-order valence-corrected chi connectivity index (χ1v) is 11.3. The maximum atomic E-state index is 13.5. The molecule has 3 unspecified atom stereocenters. The number of nitrogens with one attached hydrogen (secondary N) is 2. The second-order valence-electron chi connectivity index (χ2n) is 8.74. The van der Waals surface area contributed by atoms with Crippen LogP contribution in [0.3, 0.4) is 0 Å². The van der Waals surface area contributed by atoms with Gasteiger partial charge in [-0.1, -0.05) is 12.1 Å². The van der Waals surface area contributed by atoms with Crippen molar-refractivity contribution in [1.29, 1.82) is 0 Å². The maximum Gasteiger partial charge on any atom is 0.227 e. The summed E-state index contributed by atoms with van der Waals surface area (Å²) >= 11 is 0. The summed E-state index contributed by atoms with van der Waals surface area (Å²) in [5.41, 5.74) is 8.44. The van der Waals surface area contributed by atoms with E-state index in [1.165, 1.54) is 25.0 Å². The average molecular weight is 425 g/mol. The van der Waals surface area contributed by atoms with Crippen LogP contribution < -0.4 is 15.8 Å². The van der Waals surface area contributed by atoms with Gasteiger partial charge in [0.2, 0.25) is 11.9 Å². The second kappa shape index (κ2) is 8.88. The molecular weight excluding hydrogens is 395 g/mol. The first-order chi connectivity index (χ1) is 15.2. The number of hydrazine groups is 1. The first-order valence-electron chi connectivity index (χ1n) is 11.3. The highest BCUT2D eigenvalue weighted by atomic mass is 19.1. The van der Waals surface area contributed by atoms with Crippen LogP contribution in [-0.2, 0) is 11.2 Å². The van der Waals surface area contributed by atoms with E-state index < -0.39 is 0 Å². The minimum atomic E-state index is -0.303. The number of nitrogens with zero attached hydrogens (tertiary/aromatic N) is 4. The number of carbonyl (C=O) groups is 1. The van der Waals surface area contributed by atoms with Crippen LogP contribution >= 0.6 is 0 Å². The Morgan fingerprint density at radius 3 is 2.87 bits per heavy atom. The third-order valence-corrected chi connectivity index (χ3v) is 6.74. The Morgan fingerprint density at radius 2 is 2.03 bits per heavy atom. The van der Waals surface area contributed by atoms with Crippen molar-refractivity contribution in [2.24, 2.45) is 0 Å². The molecule has 0 aliphatic carbocycles. The Bertz CT molecular complexity index is 934. The zero-order valence-electron chi connectivity index (χ0n) is 17.6. The molecule has 31 heavy (non-hydrogen) atoms. The van der Waals surface area contributed by atoms with Crippen LogP contribution in [0.1, 0.15) is 42.9 Å². The second-order valence-corrected chi connectivity index (χ2v) is 8.74. The van der Waals surface area contributed by atoms with Gasteiger partial charge >= 0.3 is 0 Å². The summed E-state index contributed by atoms with van der Waals surface area (Å²) in [5, 5.41) is 0. The van der Waals surface area contributed by atoms with E-state index in [0.717, 1.165) is 56.2 Å². The van der Waals surface area contributed by atoms with Crippen molar-refractivity contribution in [2.45, 2.75) is 50.1 Å². The minimum Gasteiger partial charge on any atom is -0.341 e. The van der Waals surface area contributed by atoms with E-state index in [2.05, 4.69) is 20.7 Å². The Morgan fingerprint density at radius 1 is 1.16 bits per heavy atom. The van der Waals surface area contributed by atoms with Crippen molar-refractivity contribution in [3.63, 3.8) is 0 Å². The molecule has 2 aromatic rings. The largest absolute Gasteiger partial charge is 0.341 e. The Kier molecular flexibility index (Phi) is 5.82. The van der Waals surface area contributed by atoms with E-state index >= 15 is 0 Å². The number of carbonyl (C=O) groups excluding carboxylic acids is 1. The highest BCUT2D eigenvalue weighted by Crippen LogP contribution is 2.31. The van der Waals surface area contributed by atoms with Gasteiger partial charge in [-0.05, 0) is 49.4 Å². The van der Waals surface area contributed by atoms with E-state index in [1.807, 2.05) is 23.2 Å². The predicted octanol–water partition coefficient (Wildman–Crippen LogP) is 2.01. The smallest absolute Gasteiger partial charge is 0.227 e. The lowest BCUT2D eigenvalue weighted by Gasteiger charge is -2.32. The van der Waals surface area contributed by atoms with Crippen LogP contribution in [0, 0.1) is 5.82 Å². The van der Waals surface area contributed by atoms with Gasteiger partial charge in [-0.25, -0.2) is 14.4 Å².